The Balaban J connectivity index is 2.42. The van der Waals surface area contributed by atoms with Crippen LogP contribution in [0.15, 0.2) is 46.9 Å². The first-order chi connectivity index (χ1) is 9.11. The molecule has 2 heteroatoms. The van der Waals surface area contributed by atoms with E-state index in [2.05, 4.69) is 84.5 Å². The summed E-state index contributed by atoms with van der Waals surface area (Å²) >= 11 is 3.62. The molecule has 0 fully saturated rings. The molecule has 1 unspecified atom stereocenters. The van der Waals surface area contributed by atoms with Gasteiger partial charge in [0.25, 0.3) is 0 Å². The first kappa shape index (κ1) is 14.3. The van der Waals surface area contributed by atoms with Gasteiger partial charge in [0.15, 0.2) is 0 Å². The van der Waals surface area contributed by atoms with Crippen LogP contribution in [0.3, 0.4) is 0 Å². The molecule has 0 saturated heterocycles. The molecule has 0 bridgehead atoms. The summed E-state index contributed by atoms with van der Waals surface area (Å²) in [5.74, 6) is 0. The van der Waals surface area contributed by atoms with Crippen LogP contribution in [0.2, 0.25) is 0 Å². The Labute approximate surface area is 124 Å². The van der Waals surface area contributed by atoms with Crippen LogP contribution in [0.4, 0.5) is 0 Å². The smallest absolute Gasteiger partial charge is 0.0577 e. The van der Waals surface area contributed by atoms with Gasteiger partial charge in [0.2, 0.25) is 0 Å². The summed E-state index contributed by atoms with van der Waals surface area (Å²) in [4.78, 5) is 0. The summed E-state index contributed by atoms with van der Waals surface area (Å²) in [5.41, 5.74) is 5.18. The van der Waals surface area contributed by atoms with Gasteiger partial charge >= 0.3 is 0 Å². The number of hydrogen-bond acceptors (Lipinski definition) is 1. The van der Waals surface area contributed by atoms with Crippen molar-refractivity contribution in [3.05, 3.63) is 69.2 Å². The molecular formula is C17H20BrN. The highest BCUT2D eigenvalue weighted by molar-refractivity contribution is 9.10. The monoisotopic (exact) mass is 317 g/mol. The number of benzene rings is 2. The Morgan fingerprint density at radius 3 is 2.42 bits per heavy atom. The molecule has 0 aliphatic carbocycles. The fraction of sp³-hybridized carbons (Fsp3) is 0.294. The van der Waals surface area contributed by atoms with E-state index in [-0.39, 0.29) is 6.04 Å². The maximum absolute atomic E-state index is 3.62. The van der Waals surface area contributed by atoms with Crippen molar-refractivity contribution in [1.82, 2.24) is 5.32 Å². The molecule has 0 aliphatic rings. The van der Waals surface area contributed by atoms with Gasteiger partial charge in [0.05, 0.1) is 6.04 Å². The third-order valence-corrected chi connectivity index (χ3v) is 4.17. The molecule has 1 nitrogen and oxygen atoms in total. The molecule has 0 spiro atoms. The van der Waals surface area contributed by atoms with E-state index in [4.69, 9.17) is 0 Å². The SMILES string of the molecule is CCNC(c1cccc(C)c1)c1ccc(C)c(Br)c1. The van der Waals surface area contributed by atoms with Gasteiger partial charge in [-0.25, -0.2) is 0 Å². The highest BCUT2D eigenvalue weighted by Crippen LogP contribution is 2.27. The van der Waals surface area contributed by atoms with E-state index in [1.807, 2.05) is 0 Å². The van der Waals surface area contributed by atoms with Crippen LogP contribution in [0.25, 0.3) is 0 Å². The second kappa shape index (κ2) is 6.36. The number of aryl methyl sites for hydroxylation is 2. The van der Waals surface area contributed by atoms with Gasteiger partial charge in [-0.05, 0) is 43.1 Å². The van der Waals surface area contributed by atoms with E-state index < -0.39 is 0 Å². The van der Waals surface area contributed by atoms with Crippen LogP contribution in [0, 0.1) is 13.8 Å². The van der Waals surface area contributed by atoms with Crippen molar-refractivity contribution in [3.8, 4) is 0 Å². The molecule has 100 valence electrons. The van der Waals surface area contributed by atoms with E-state index in [0.29, 0.717) is 0 Å². The minimum absolute atomic E-state index is 0.252. The van der Waals surface area contributed by atoms with Crippen molar-refractivity contribution >= 4 is 15.9 Å². The normalized spacial score (nSPS) is 12.4. The lowest BCUT2D eigenvalue weighted by molar-refractivity contribution is 0.630. The summed E-state index contributed by atoms with van der Waals surface area (Å²) in [6.45, 7) is 7.34. The van der Waals surface area contributed by atoms with Gasteiger partial charge in [-0.15, -0.1) is 0 Å². The minimum Gasteiger partial charge on any atom is -0.307 e. The highest BCUT2D eigenvalue weighted by Gasteiger charge is 2.13. The molecule has 1 N–H and O–H groups in total. The number of nitrogens with one attached hydrogen (secondary N) is 1. The zero-order valence-corrected chi connectivity index (χ0v) is 13.3. The van der Waals surface area contributed by atoms with E-state index in [0.717, 1.165) is 6.54 Å². The molecule has 0 radical (unpaired) electrons. The van der Waals surface area contributed by atoms with E-state index in [9.17, 15) is 0 Å². The molecule has 2 aromatic rings. The van der Waals surface area contributed by atoms with Gasteiger partial charge in [-0.3, -0.25) is 0 Å². The molecule has 0 amide bonds. The number of halogens is 1. The van der Waals surface area contributed by atoms with Crippen LogP contribution in [0.5, 0.6) is 0 Å². The topological polar surface area (TPSA) is 12.0 Å². The largest absolute Gasteiger partial charge is 0.307 e. The van der Waals surface area contributed by atoms with E-state index >= 15 is 0 Å². The third-order valence-electron chi connectivity index (χ3n) is 3.31. The average Bonchev–Trinajstić information content (AvgIpc) is 2.39. The molecule has 2 aromatic carbocycles. The Bertz CT molecular complexity index is 563. The summed E-state index contributed by atoms with van der Waals surface area (Å²) in [7, 11) is 0. The maximum atomic E-state index is 3.62. The Hall–Kier alpha value is -1.12. The lowest BCUT2D eigenvalue weighted by Gasteiger charge is -2.20. The van der Waals surface area contributed by atoms with Gasteiger partial charge in [-0.2, -0.15) is 0 Å². The van der Waals surface area contributed by atoms with Crippen molar-refractivity contribution in [1.29, 1.82) is 0 Å². The van der Waals surface area contributed by atoms with Crippen molar-refractivity contribution in [3.63, 3.8) is 0 Å². The van der Waals surface area contributed by atoms with Crippen molar-refractivity contribution < 1.29 is 0 Å². The molecule has 2 rings (SSSR count). The van der Waals surface area contributed by atoms with Crippen LogP contribution in [-0.4, -0.2) is 6.54 Å². The lowest BCUT2D eigenvalue weighted by Crippen LogP contribution is -2.22. The second-order valence-electron chi connectivity index (χ2n) is 4.91. The van der Waals surface area contributed by atoms with Gasteiger partial charge in [-0.1, -0.05) is 64.8 Å². The molecule has 0 aromatic heterocycles. The van der Waals surface area contributed by atoms with E-state index in [1.54, 1.807) is 0 Å². The number of hydrogen-bond donors (Lipinski definition) is 1. The van der Waals surface area contributed by atoms with Crippen molar-refractivity contribution in [2.24, 2.45) is 0 Å². The predicted molar refractivity (Wildman–Crippen MR) is 85.6 cm³/mol. The summed E-state index contributed by atoms with van der Waals surface area (Å²) in [5, 5.41) is 3.57. The average molecular weight is 318 g/mol. The van der Waals surface area contributed by atoms with E-state index in [1.165, 1.54) is 26.7 Å². The Kier molecular flexibility index (Phi) is 4.78. The third kappa shape index (κ3) is 3.46. The first-order valence-electron chi connectivity index (χ1n) is 6.68. The van der Waals surface area contributed by atoms with Gasteiger partial charge in [0.1, 0.15) is 0 Å². The molecule has 19 heavy (non-hydrogen) atoms. The molecule has 0 saturated carbocycles. The van der Waals surface area contributed by atoms with Gasteiger partial charge in [0, 0.05) is 4.47 Å². The highest BCUT2D eigenvalue weighted by atomic mass is 79.9. The number of rotatable bonds is 4. The predicted octanol–water partition coefficient (Wildman–Crippen LogP) is 4.76. The van der Waals surface area contributed by atoms with Crippen LogP contribution in [0.1, 0.15) is 35.2 Å². The fourth-order valence-corrected chi connectivity index (χ4v) is 2.67. The quantitative estimate of drug-likeness (QED) is 0.856. The minimum atomic E-state index is 0.252. The second-order valence-corrected chi connectivity index (χ2v) is 5.77. The zero-order chi connectivity index (χ0) is 13.8. The first-order valence-corrected chi connectivity index (χ1v) is 7.47. The van der Waals surface area contributed by atoms with Crippen molar-refractivity contribution in [2.75, 3.05) is 6.54 Å². The standard InChI is InChI=1S/C17H20BrN/c1-4-19-17(14-7-5-6-12(2)10-14)15-9-8-13(3)16(18)11-15/h5-11,17,19H,4H2,1-3H3. The maximum Gasteiger partial charge on any atom is 0.0577 e. The van der Waals surface area contributed by atoms with Crippen LogP contribution < -0.4 is 5.32 Å². The van der Waals surface area contributed by atoms with Crippen LogP contribution >= 0.6 is 15.9 Å². The fourth-order valence-electron chi connectivity index (χ4n) is 2.27. The summed E-state index contributed by atoms with van der Waals surface area (Å²) in [6.07, 6.45) is 0. The van der Waals surface area contributed by atoms with Gasteiger partial charge < -0.3 is 5.32 Å². The molecule has 0 aliphatic heterocycles. The lowest BCUT2D eigenvalue weighted by atomic mass is 9.96. The van der Waals surface area contributed by atoms with Crippen LogP contribution in [-0.2, 0) is 0 Å². The van der Waals surface area contributed by atoms with Crippen molar-refractivity contribution in [2.45, 2.75) is 26.8 Å². The summed E-state index contributed by atoms with van der Waals surface area (Å²) < 4.78 is 1.17. The molecule has 1 atom stereocenters. The molecule has 0 heterocycles. The Morgan fingerprint density at radius 2 is 1.79 bits per heavy atom. The molecular weight excluding hydrogens is 298 g/mol. The Morgan fingerprint density at radius 1 is 1.05 bits per heavy atom. The zero-order valence-electron chi connectivity index (χ0n) is 11.7. The summed E-state index contributed by atoms with van der Waals surface area (Å²) in [6, 6.07) is 15.5.